The zero-order valence-electron chi connectivity index (χ0n) is 29.5. The number of hydrogen-bond donors (Lipinski definition) is 5. The van der Waals surface area contributed by atoms with Gasteiger partial charge in [0.25, 0.3) is 0 Å². The number of hydrogen-bond acceptors (Lipinski definition) is 9. The molecule has 1 aliphatic rings. The Bertz CT molecular complexity index is 1330. The molecule has 274 valence electrons. The summed E-state index contributed by atoms with van der Waals surface area (Å²) in [6, 6.07) is 3.86. The van der Waals surface area contributed by atoms with Crippen LogP contribution in [-0.2, 0) is 35.3 Å². The first-order valence-electron chi connectivity index (χ1n) is 17.2. The van der Waals surface area contributed by atoms with E-state index >= 15 is 0 Å². The highest BCUT2D eigenvalue weighted by Gasteiger charge is 2.39. The molecular formula is C34H51BN6O8S. The molecule has 0 bridgehead atoms. The molecule has 2 radical (unpaired) electrons. The monoisotopic (exact) mass is 714 g/mol. The molecule has 6 N–H and O–H groups in total. The highest BCUT2D eigenvalue weighted by molar-refractivity contribution is 8.01. The summed E-state index contributed by atoms with van der Waals surface area (Å²) in [4.78, 5) is 88.1. The van der Waals surface area contributed by atoms with Gasteiger partial charge in [-0.1, -0.05) is 46.2 Å². The number of imide groups is 1. The molecule has 0 aliphatic carbocycles. The van der Waals surface area contributed by atoms with Crippen LogP contribution in [0.15, 0.2) is 24.3 Å². The van der Waals surface area contributed by atoms with Crippen molar-refractivity contribution in [3.05, 3.63) is 29.8 Å². The molecule has 14 nitrogen and oxygen atoms in total. The second-order valence-corrected chi connectivity index (χ2v) is 14.0. The van der Waals surface area contributed by atoms with Crippen molar-refractivity contribution in [3.63, 3.8) is 0 Å². The summed E-state index contributed by atoms with van der Waals surface area (Å²) < 4.78 is 4.76. The maximum absolute atomic E-state index is 13.4. The van der Waals surface area contributed by atoms with Crippen LogP contribution >= 0.6 is 11.8 Å². The largest absolute Gasteiger partial charge is 0.470 e. The van der Waals surface area contributed by atoms with Gasteiger partial charge in [0.15, 0.2) is 0 Å². The van der Waals surface area contributed by atoms with Crippen LogP contribution in [-0.4, -0.2) is 89.9 Å². The lowest BCUT2D eigenvalue weighted by molar-refractivity contribution is -0.138. The maximum atomic E-state index is 13.4. The van der Waals surface area contributed by atoms with Crippen LogP contribution in [0, 0.1) is 5.92 Å². The number of benzene rings is 1. The summed E-state index contributed by atoms with van der Waals surface area (Å²) in [6.45, 7) is 8.18. The van der Waals surface area contributed by atoms with Crippen molar-refractivity contribution < 1.29 is 38.3 Å². The van der Waals surface area contributed by atoms with Gasteiger partial charge in [-0.15, -0.1) is 11.8 Å². The lowest BCUT2D eigenvalue weighted by atomic mass is 10.0. The Balaban J connectivity index is 1.91. The van der Waals surface area contributed by atoms with Gasteiger partial charge >= 0.3 is 6.03 Å². The summed E-state index contributed by atoms with van der Waals surface area (Å²) in [5, 5.41) is 10.7. The van der Waals surface area contributed by atoms with Crippen molar-refractivity contribution in [2.24, 2.45) is 11.7 Å². The first-order valence-corrected chi connectivity index (χ1v) is 18.1. The standard InChI is InChI=1S/C34H51BN6O8S/c1-5-24(6-2)50-26-19-28(43)41(32(26)46)18-9-7-8-12-27(42)40-29(21(3)4)31(45)39-25(11-10-17-37-34(36)48)30(44)38-23-15-13-22(14-16-23)20-49-33(35)47/h13-16,21,24-26,29H,5-12,17-20H2,1-4H3,(H,38,44)(H,39,45)(H,40,42)(H3,36,37,48)/t25-,26?,29?/m0/s1. The van der Waals surface area contributed by atoms with Crippen LogP contribution in [0.4, 0.5) is 15.3 Å². The molecule has 50 heavy (non-hydrogen) atoms. The Morgan fingerprint density at radius 3 is 2.26 bits per heavy atom. The fraction of sp³-hybridized carbons (Fsp3) is 0.618. The Labute approximate surface area is 299 Å². The van der Waals surface area contributed by atoms with E-state index in [0.29, 0.717) is 48.7 Å². The minimum absolute atomic E-state index is 0.0313. The van der Waals surface area contributed by atoms with Crippen molar-refractivity contribution in [1.82, 2.24) is 20.9 Å². The van der Waals surface area contributed by atoms with E-state index in [2.05, 4.69) is 35.1 Å². The summed E-state index contributed by atoms with van der Waals surface area (Å²) >= 11 is 1.58. The molecule has 7 amide bonds. The van der Waals surface area contributed by atoms with E-state index in [-0.39, 0.29) is 61.3 Å². The zero-order valence-corrected chi connectivity index (χ0v) is 30.3. The first kappa shape index (κ1) is 42.1. The van der Waals surface area contributed by atoms with Gasteiger partial charge in [0.2, 0.25) is 43.3 Å². The number of ether oxygens (including phenoxy) is 1. The van der Waals surface area contributed by atoms with Gasteiger partial charge in [-0.3, -0.25) is 33.7 Å². The molecule has 1 aromatic carbocycles. The lowest BCUT2D eigenvalue weighted by Crippen LogP contribution is -2.54. The number of primary amides is 1. The van der Waals surface area contributed by atoms with Crippen molar-refractivity contribution in [2.75, 3.05) is 18.4 Å². The van der Waals surface area contributed by atoms with Crippen LogP contribution in [0.3, 0.4) is 0 Å². The number of nitrogens with zero attached hydrogens (tertiary/aromatic N) is 1. The number of urea groups is 1. The molecule has 1 heterocycles. The van der Waals surface area contributed by atoms with E-state index in [1.54, 1.807) is 49.9 Å². The minimum Gasteiger partial charge on any atom is -0.470 e. The average molecular weight is 715 g/mol. The number of carbonyl (C=O) groups is 7. The number of unbranched alkanes of at least 4 members (excludes halogenated alkanes) is 2. The predicted molar refractivity (Wildman–Crippen MR) is 192 cm³/mol. The third kappa shape index (κ3) is 14.8. The minimum atomic E-state index is -1.00. The lowest BCUT2D eigenvalue weighted by Gasteiger charge is -2.25. The van der Waals surface area contributed by atoms with E-state index in [9.17, 15) is 33.6 Å². The van der Waals surface area contributed by atoms with E-state index in [4.69, 9.17) is 18.3 Å². The molecular weight excluding hydrogens is 663 g/mol. The molecule has 0 aromatic heterocycles. The van der Waals surface area contributed by atoms with Gasteiger partial charge in [0, 0.05) is 36.9 Å². The van der Waals surface area contributed by atoms with Crippen molar-refractivity contribution in [2.45, 2.75) is 115 Å². The third-order valence-electron chi connectivity index (χ3n) is 8.23. The number of likely N-dealkylation sites (tertiary alicyclic amines) is 1. The first-order chi connectivity index (χ1) is 23.7. The third-order valence-corrected chi connectivity index (χ3v) is 9.97. The summed E-state index contributed by atoms with van der Waals surface area (Å²) in [6.07, 6.45) is 4.47. The van der Waals surface area contributed by atoms with Crippen LogP contribution in [0.25, 0.3) is 0 Å². The van der Waals surface area contributed by atoms with Gasteiger partial charge in [-0.2, -0.15) is 0 Å². The van der Waals surface area contributed by atoms with Crippen molar-refractivity contribution in [1.29, 1.82) is 0 Å². The number of nitrogens with two attached hydrogens (primary N) is 1. The number of amides is 7. The highest BCUT2D eigenvalue weighted by atomic mass is 32.2. The molecule has 1 fully saturated rings. The van der Waals surface area contributed by atoms with Gasteiger partial charge < -0.3 is 31.7 Å². The van der Waals surface area contributed by atoms with Gasteiger partial charge in [0.1, 0.15) is 18.7 Å². The average Bonchev–Trinajstić information content (AvgIpc) is 3.33. The van der Waals surface area contributed by atoms with Crippen LogP contribution in [0.2, 0.25) is 0 Å². The quantitative estimate of drug-likeness (QED) is 0.0679. The van der Waals surface area contributed by atoms with E-state index < -0.39 is 35.8 Å². The van der Waals surface area contributed by atoms with Gasteiger partial charge in [-0.05, 0) is 62.1 Å². The molecule has 2 unspecified atom stereocenters. The number of thioether (sulfide) groups is 1. The Kier molecular flexibility index (Phi) is 18.4. The van der Waals surface area contributed by atoms with Crippen molar-refractivity contribution >= 4 is 66.7 Å². The topological polar surface area (TPSA) is 206 Å². The fourth-order valence-corrected chi connectivity index (χ4v) is 6.67. The van der Waals surface area contributed by atoms with Crippen molar-refractivity contribution in [3.8, 4) is 0 Å². The predicted octanol–water partition coefficient (Wildman–Crippen LogP) is 3.11. The summed E-state index contributed by atoms with van der Waals surface area (Å²) in [5.74, 6) is -2.87. The maximum Gasteiger partial charge on any atom is 0.312 e. The Hall–Kier alpha value is -4.08. The molecule has 1 saturated heterocycles. The number of rotatable bonds is 22. The zero-order chi connectivity index (χ0) is 37.2. The fourth-order valence-electron chi connectivity index (χ4n) is 5.34. The van der Waals surface area contributed by atoms with E-state index in [1.807, 2.05) is 0 Å². The second kappa shape index (κ2) is 21.9. The molecule has 2 rings (SSSR count). The molecule has 0 saturated carbocycles. The second-order valence-electron chi connectivity index (χ2n) is 12.5. The smallest absolute Gasteiger partial charge is 0.312 e. The van der Waals surface area contributed by atoms with E-state index in [0.717, 1.165) is 12.8 Å². The number of carbonyl (C=O) groups excluding carboxylic acids is 7. The normalized spacial score (nSPS) is 15.5. The summed E-state index contributed by atoms with van der Waals surface area (Å²) in [5.41, 5.74) is 6.22. The van der Waals surface area contributed by atoms with Gasteiger partial charge in [-0.25, -0.2) is 4.79 Å². The molecule has 1 aliphatic heterocycles. The number of anilines is 1. The SMILES string of the molecule is [B]C(=O)OCc1ccc(NC(=O)[C@H](CCCNC(N)=O)NC(=O)C(NC(=O)CCCCCN2C(=O)CC(SC(CC)CC)C2=O)C(C)C)cc1. The molecule has 3 atom stereocenters. The van der Waals surface area contributed by atoms with Crippen LogP contribution in [0.1, 0.15) is 91.0 Å². The van der Waals surface area contributed by atoms with Crippen LogP contribution < -0.4 is 27.0 Å². The molecule has 16 heteroatoms. The van der Waals surface area contributed by atoms with Crippen LogP contribution in [0.5, 0.6) is 0 Å². The number of nitrogens with one attached hydrogen (secondary N) is 4. The summed E-state index contributed by atoms with van der Waals surface area (Å²) in [7, 11) is 5.00. The Morgan fingerprint density at radius 2 is 1.66 bits per heavy atom. The van der Waals surface area contributed by atoms with Gasteiger partial charge in [0.05, 0.1) is 5.25 Å². The Morgan fingerprint density at radius 1 is 0.980 bits per heavy atom. The molecule has 1 aromatic rings. The molecule has 0 spiro atoms. The highest BCUT2D eigenvalue weighted by Crippen LogP contribution is 2.31. The van der Waals surface area contributed by atoms with E-state index in [1.165, 1.54) is 4.90 Å².